The third-order valence-corrected chi connectivity index (χ3v) is 6.06. The van der Waals surface area contributed by atoms with Gasteiger partial charge in [-0.15, -0.1) is 0 Å². The number of pyridine rings is 1. The molecule has 3 N–H and O–H groups in total. The van der Waals surface area contributed by atoms with Gasteiger partial charge < -0.3 is 10.7 Å². The molecule has 3 aromatic rings. The van der Waals surface area contributed by atoms with E-state index in [4.69, 9.17) is 5.73 Å². The lowest BCUT2D eigenvalue weighted by molar-refractivity contribution is -0.141. The number of alkyl halides is 5. The molecule has 1 aliphatic carbocycles. The topological polar surface area (TPSA) is 139 Å². The summed E-state index contributed by atoms with van der Waals surface area (Å²) in [4.78, 5) is 27.6. The summed E-state index contributed by atoms with van der Waals surface area (Å²) in [6.07, 6.45) is -3.43. The first-order chi connectivity index (χ1) is 17.0. The Bertz CT molecular complexity index is 1430. The van der Waals surface area contributed by atoms with Gasteiger partial charge in [-0.25, -0.2) is 18.4 Å². The first kappa shape index (κ1) is 25.0. The van der Waals surface area contributed by atoms with Gasteiger partial charge in [0.15, 0.2) is 11.3 Å². The third-order valence-electron chi connectivity index (χ3n) is 6.06. The van der Waals surface area contributed by atoms with Gasteiger partial charge >= 0.3 is 6.18 Å². The number of nitrogens with two attached hydrogens (primary N) is 1. The van der Waals surface area contributed by atoms with Crippen LogP contribution in [-0.2, 0) is 6.18 Å². The summed E-state index contributed by atoms with van der Waals surface area (Å²) in [6.45, 7) is 1.61. The Balaban J connectivity index is 1.72. The van der Waals surface area contributed by atoms with E-state index in [1.54, 1.807) is 6.92 Å². The molecule has 0 saturated heterocycles. The average molecular weight is 506 g/mol. The highest BCUT2D eigenvalue weighted by Gasteiger charge is 2.35. The summed E-state index contributed by atoms with van der Waals surface area (Å²) in [6, 6.07) is 2.75. The molecule has 0 amide bonds. The van der Waals surface area contributed by atoms with Crippen LogP contribution in [0.2, 0.25) is 0 Å². The molecule has 4 rings (SSSR count). The number of nitrogens with zero attached hydrogens (tertiary/aromatic N) is 6. The molecule has 0 bridgehead atoms. The summed E-state index contributed by atoms with van der Waals surface area (Å²) >= 11 is 0. The quantitative estimate of drug-likeness (QED) is 0.388. The van der Waals surface area contributed by atoms with E-state index in [1.807, 2.05) is 6.07 Å². The number of H-pyrrole nitrogens is 1. The van der Waals surface area contributed by atoms with Crippen molar-refractivity contribution in [3.8, 4) is 6.07 Å². The fourth-order valence-electron chi connectivity index (χ4n) is 3.88. The predicted octanol–water partition coefficient (Wildman–Crippen LogP) is 3.44. The molecule has 3 aromatic heterocycles. The zero-order valence-electron chi connectivity index (χ0n) is 18.7. The normalized spacial score (nSPS) is 19.6. The highest BCUT2D eigenvalue weighted by Crippen LogP contribution is 2.38. The number of aromatic nitrogens is 5. The van der Waals surface area contributed by atoms with Crippen molar-refractivity contribution in [3.63, 3.8) is 0 Å². The highest BCUT2D eigenvalue weighted by atomic mass is 19.4. The molecule has 0 spiro atoms. The molecule has 0 aliphatic heterocycles. The van der Waals surface area contributed by atoms with E-state index in [-0.39, 0.29) is 28.5 Å². The fourth-order valence-corrected chi connectivity index (χ4v) is 3.88. The standard InChI is InChI=1S/C22H19F5N8O/c1-10(11-2-5-16(31-8-11)22(25,26)27)35-20-17(15(7-29)34-35)21(36)33-19(32-20)13-3-4-14(13)30-9-12(6-28)18(23)24/h2,5-6,8-10,13-14,18H,3-4,28H2,1H3,(H,32,33,36). The van der Waals surface area contributed by atoms with Gasteiger partial charge in [0, 0.05) is 24.5 Å². The largest absolute Gasteiger partial charge is 0.433 e. The Morgan fingerprint density at radius 3 is 2.64 bits per heavy atom. The Hall–Kier alpha value is -4.15. The summed E-state index contributed by atoms with van der Waals surface area (Å²) in [5.74, 6) is -0.147. The summed E-state index contributed by atoms with van der Waals surface area (Å²) in [7, 11) is 0. The second kappa shape index (κ2) is 9.48. The van der Waals surface area contributed by atoms with Gasteiger partial charge in [0.2, 0.25) is 0 Å². The van der Waals surface area contributed by atoms with Crippen molar-refractivity contribution < 1.29 is 22.0 Å². The van der Waals surface area contributed by atoms with E-state index in [1.165, 1.54) is 10.7 Å². The lowest BCUT2D eigenvalue weighted by atomic mass is 9.79. The highest BCUT2D eigenvalue weighted by molar-refractivity contribution is 5.80. The smallest absolute Gasteiger partial charge is 0.404 e. The van der Waals surface area contributed by atoms with E-state index in [0.717, 1.165) is 24.7 Å². The molecular weight excluding hydrogens is 487 g/mol. The van der Waals surface area contributed by atoms with Crippen molar-refractivity contribution in [2.75, 3.05) is 0 Å². The Labute approximate surface area is 200 Å². The van der Waals surface area contributed by atoms with Crippen LogP contribution >= 0.6 is 0 Å². The molecule has 3 unspecified atom stereocenters. The van der Waals surface area contributed by atoms with E-state index < -0.39 is 41.5 Å². The van der Waals surface area contributed by atoms with Crippen molar-refractivity contribution in [1.29, 1.82) is 5.26 Å². The van der Waals surface area contributed by atoms with Crippen LogP contribution in [0.3, 0.4) is 0 Å². The summed E-state index contributed by atoms with van der Waals surface area (Å²) in [5.41, 5.74) is 3.28. The summed E-state index contributed by atoms with van der Waals surface area (Å²) in [5, 5.41) is 13.6. The van der Waals surface area contributed by atoms with E-state index in [0.29, 0.717) is 18.4 Å². The van der Waals surface area contributed by atoms with Gasteiger partial charge in [-0.3, -0.25) is 14.8 Å². The van der Waals surface area contributed by atoms with E-state index in [9.17, 15) is 32.0 Å². The zero-order valence-corrected chi connectivity index (χ0v) is 18.7. The van der Waals surface area contributed by atoms with Crippen LogP contribution < -0.4 is 11.3 Å². The van der Waals surface area contributed by atoms with Crippen molar-refractivity contribution in [3.05, 3.63) is 63.2 Å². The number of fused-ring (bicyclic) bond motifs is 1. The molecule has 9 nitrogen and oxygen atoms in total. The first-order valence-electron chi connectivity index (χ1n) is 10.7. The molecule has 1 fully saturated rings. The number of rotatable bonds is 6. The van der Waals surface area contributed by atoms with Crippen LogP contribution in [0, 0.1) is 11.3 Å². The van der Waals surface area contributed by atoms with Gasteiger partial charge in [0.05, 0.1) is 17.7 Å². The zero-order chi connectivity index (χ0) is 26.2. The van der Waals surface area contributed by atoms with Crippen molar-refractivity contribution in [2.24, 2.45) is 10.7 Å². The van der Waals surface area contributed by atoms with Crippen molar-refractivity contribution >= 4 is 17.2 Å². The number of nitrogens with one attached hydrogen (secondary N) is 1. The number of halogens is 5. The van der Waals surface area contributed by atoms with Gasteiger partial charge in [-0.1, -0.05) is 6.07 Å². The molecule has 1 saturated carbocycles. The molecular formula is C22H19F5N8O. The molecule has 188 valence electrons. The van der Waals surface area contributed by atoms with E-state index >= 15 is 0 Å². The van der Waals surface area contributed by atoms with Crippen molar-refractivity contribution in [1.82, 2.24) is 24.7 Å². The monoisotopic (exact) mass is 506 g/mol. The van der Waals surface area contributed by atoms with Crippen LogP contribution in [0.4, 0.5) is 22.0 Å². The average Bonchev–Trinajstić information content (AvgIpc) is 3.19. The Morgan fingerprint density at radius 2 is 2.11 bits per heavy atom. The molecule has 1 aliphatic rings. The summed E-state index contributed by atoms with van der Waals surface area (Å²) < 4.78 is 65.7. The lowest BCUT2D eigenvalue weighted by Crippen LogP contribution is -2.31. The molecule has 36 heavy (non-hydrogen) atoms. The van der Waals surface area contributed by atoms with E-state index in [2.05, 4.69) is 25.0 Å². The number of hydrogen-bond donors (Lipinski definition) is 2. The van der Waals surface area contributed by atoms with Gasteiger partial charge in [0.1, 0.15) is 23.0 Å². The second-order valence-corrected chi connectivity index (χ2v) is 8.20. The van der Waals surface area contributed by atoms with Crippen LogP contribution in [0.1, 0.15) is 54.5 Å². The minimum atomic E-state index is -4.60. The maximum Gasteiger partial charge on any atom is 0.433 e. The van der Waals surface area contributed by atoms with Gasteiger partial charge in [-0.2, -0.15) is 23.5 Å². The maximum absolute atomic E-state index is 12.9. The van der Waals surface area contributed by atoms with Crippen LogP contribution in [-0.4, -0.2) is 43.4 Å². The van der Waals surface area contributed by atoms with Gasteiger partial charge in [0.25, 0.3) is 12.0 Å². The minimum absolute atomic E-state index is 0.0578. The maximum atomic E-state index is 12.9. The second-order valence-electron chi connectivity index (χ2n) is 8.20. The number of aliphatic imine (C=N–C) groups is 1. The van der Waals surface area contributed by atoms with Crippen LogP contribution in [0.25, 0.3) is 11.0 Å². The molecule has 0 radical (unpaired) electrons. The number of nitriles is 1. The fraction of sp³-hybridized carbons (Fsp3) is 0.364. The molecule has 3 heterocycles. The van der Waals surface area contributed by atoms with Crippen molar-refractivity contribution in [2.45, 2.75) is 50.4 Å². The number of hydrogen-bond acceptors (Lipinski definition) is 7. The van der Waals surface area contributed by atoms with Crippen LogP contribution in [0.5, 0.6) is 0 Å². The third kappa shape index (κ3) is 4.56. The molecule has 0 aromatic carbocycles. The first-order valence-corrected chi connectivity index (χ1v) is 10.7. The lowest BCUT2D eigenvalue weighted by Gasteiger charge is -2.32. The SMILES string of the molecule is CC(c1ccc(C(F)(F)F)nc1)n1nc(C#N)c2c(=O)[nH]c(C3CCC3N=CC(=CN)C(F)F)nc21. The van der Waals surface area contributed by atoms with Crippen LogP contribution in [0.15, 0.2) is 39.9 Å². The molecule has 3 atom stereocenters. The minimum Gasteiger partial charge on any atom is -0.404 e. The molecule has 14 heteroatoms. The predicted molar refractivity (Wildman–Crippen MR) is 118 cm³/mol. The Morgan fingerprint density at radius 1 is 1.36 bits per heavy atom. The van der Waals surface area contributed by atoms with Gasteiger partial charge in [-0.05, 0) is 31.4 Å². The number of allylic oxidation sites excluding steroid dienone is 1. The Kier molecular flexibility index (Phi) is 6.57. The number of aromatic amines is 1.